The van der Waals surface area contributed by atoms with Crippen molar-refractivity contribution < 1.29 is 19.3 Å². The van der Waals surface area contributed by atoms with E-state index in [4.69, 9.17) is 4.57 Å². The van der Waals surface area contributed by atoms with Crippen molar-refractivity contribution in [3.05, 3.63) is 34.4 Å². The number of aryl methyl sites for hydroxylation is 3. The van der Waals surface area contributed by atoms with Crippen molar-refractivity contribution in [2.45, 2.75) is 118 Å². The van der Waals surface area contributed by atoms with Gasteiger partial charge in [-0.1, -0.05) is 88.8 Å². The zero-order chi connectivity index (χ0) is 25.1. The van der Waals surface area contributed by atoms with E-state index in [1.165, 1.54) is 32.1 Å². The third-order valence-electron chi connectivity index (χ3n) is 7.85. The minimum atomic E-state index is -1.01. The molecule has 0 aromatic heterocycles. The standard InChI is InChI=1S/C28H44O3.HOP/c1-6-7-8-9-10-11-12-13-16-27(5,26(30)31)28(17-14-15-18-28)25(29)24-22(3)19-21(2)20-23(24)4;1-2/h19-20H,6-18H2,1-5H3,(H,30,31);2H. The largest absolute Gasteiger partial charge is 0.481 e. The molecule has 1 unspecified atom stereocenters. The highest BCUT2D eigenvalue weighted by Crippen LogP contribution is 2.56. The van der Waals surface area contributed by atoms with Gasteiger partial charge in [-0.3, -0.25) is 14.2 Å². The number of hydrogen-bond donors (Lipinski definition) is 1. The molecule has 0 radical (unpaired) electrons. The lowest BCUT2D eigenvalue weighted by molar-refractivity contribution is -0.155. The van der Waals surface area contributed by atoms with Crippen LogP contribution in [0.3, 0.4) is 0 Å². The Morgan fingerprint density at radius 3 is 1.82 bits per heavy atom. The number of Topliss-reactive ketones (excluding diaryl/α,β-unsaturated/α-hetero) is 1. The quantitative estimate of drug-likeness (QED) is 0.176. The summed E-state index contributed by atoms with van der Waals surface area (Å²) in [6.45, 7) is 10.1. The number of benzene rings is 1. The van der Waals surface area contributed by atoms with E-state index in [1.807, 2.05) is 27.7 Å². The second-order valence-electron chi connectivity index (χ2n) is 10.3. The molecule has 0 bridgehead atoms. The van der Waals surface area contributed by atoms with Crippen molar-refractivity contribution in [1.29, 1.82) is 0 Å². The summed E-state index contributed by atoms with van der Waals surface area (Å²) in [5, 5.41) is 10.4. The fraction of sp³-hybridized carbons (Fsp3) is 0.714. The second-order valence-corrected chi connectivity index (χ2v) is 10.3. The van der Waals surface area contributed by atoms with E-state index in [9.17, 15) is 14.7 Å². The molecule has 2 rings (SSSR count). The van der Waals surface area contributed by atoms with Gasteiger partial charge in [0.1, 0.15) is 9.12 Å². The van der Waals surface area contributed by atoms with Gasteiger partial charge < -0.3 is 5.11 Å². The first-order valence-electron chi connectivity index (χ1n) is 12.8. The lowest BCUT2D eigenvalue weighted by atomic mass is 9.57. The monoisotopic (exact) mass is 476 g/mol. The Hall–Kier alpha value is -1.54. The predicted octanol–water partition coefficient (Wildman–Crippen LogP) is 8.45. The zero-order valence-corrected chi connectivity index (χ0v) is 22.5. The average Bonchev–Trinajstić information content (AvgIpc) is 3.27. The summed E-state index contributed by atoms with van der Waals surface area (Å²) in [6.07, 6.45) is 13.3. The van der Waals surface area contributed by atoms with Crippen LogP contribution < -0.4 is 0 Å². The number of unbranched alkanes of at least 4 members (excludes halogenated alkanes) is 7. The SMILES string of the molecule is CCCCCCCCCCC(C)(C(=O)O)C1(C(=O)c2c(C)cc(C)cc2C)CCCC1.O=P. The lowest BCUT2D eigenvalue weighted by Crippen LogP contribution is -2.49. The minimum Gasteiger partial charge on any atom is -0.481 e. The molecule has 0 amide bonds. The average molecular weight is 477 g/mol. The van der Waals surface area contributed by atoms with E-state index in [1.54, 1.807) is 9.12 Å². The number of carboxylic acid groups (broad SMARTS) is 1. The van der Waals surface area contributed by atoms with Crippen LogP contribution in [-0.4, -0.2) is 16.9 Å². The maximum atomic E-state index is 14.0. The van der Waals surface area contributed by atoms with Crippen LogP contribution in [0, 0.1) is 31.6 Å². The number of carbonyl (C=O) groups excluding carboxylic acids is 1. The van der Waals surface area contributed by atoms with Crippen LogP contribution in [0.1, 0.15) is 124 Å². The van der Waals surface area contributed by atoms with Gasteiger partial charge in [-0.25, -0.2) is 0 Å². The fourth-order valence-electron chi connectivity index (χ4n) is 5.95. The molecular weight excluding hydrogens is 431 g/mol. The summed E-state index contributed by atoms with van der Waals surface area (Å²) < 4.78 is 8.06. The Kier molecular flexibility index (Phi) is 12.5. The molecule has 33 heavy (non-hydrogen) atoms. The zero-order valence-electron chi connectivity index (χ0n) is 21.5. The van der Waals surface area contributed by atoms with Crippen molar-refractivity contribution in [3.63, 3.8) is 0 Å². The van der Waals surface area contributed by atoms with Crippen LogP contribution in [0.4, 0.5) is 0 Å². The molecule has 186 valence electrons. The number of ketones is 1. The van der Waals surface area contributed by atoms with Gasteiger partial charge in [-0.2, -0.15) is 0 Å². The number of rotatable bonds is 13. The molecule has 5 heteroatoms. The van der Waals surface area contributed by atoms with Gasteiger partial charge in [0.2, 0.25) is 0 Å². The Bertz CT molecular complexity index is 759. The number of hydrogen-bond acceptors (Lipinski definition) is 3. The summed E-state index contributed by atoms with van der Waals surface area (Å²) in [5.74, 6) is -0.724. The first-order chi connectivity index (χ1) is 15.7. The highest BCUT2D eigenvalue weighted by atomic mass is 31.0. The molecule has 1 aromatic carbocycles. The van der Waals surface area contributed by atoms with Crippen LogP contribution in [-0.2, 0) is 9.36 Å². The van der Waals surface area contributed by atoms with Crippen LogP contribution in [0.25, 0.3) is 0 Å². The van der Waals surface area contributed by atoms with Crippen molar-refractivity contribution in [1.82, 2.24) is 0 Å². The molecule has 0 heterocycles. The highest BCUT2D eigenvalue weighted by Gasteiger charge is 2.58. The van der Waals surface area contributed by atoms with E-state index in [-0.39, 0.29) is 5.78 Å². The molecule has 1 N–H and O–H groups in total. The van der Waals surface area contributed by atoms with Crippen molar-refractivity contribution in [3.8, 4) is 0 Å². The van der Waals surface area contributed by atoms with Gasteiger partial charge in [-0.05, 0) is 58.1 Å². The maximum Gasteiger partial charge on any atom is 0.310 e. The molecule has 0 aliphatic heterocycles. The van der Waals surface area contributed by atoms with Gasteiger partial charge in [0, 0.05) is 11.0 Å². The van der Waals surface area contributed by atoms with Crippen molar-refractivity contribution >= 4 is 20.9 Å². The van der Waals surface area contributed by atoms with Crippen LogP contribution in [0.15, 0.2) is 12.1 Å². The molecule has 1 fully saturated rings. The van der Waals surface area contributed by atoms with E-state index >= 15 is 0 Å². The highest BCUT2D eigenvalue weighted by molar-refractivity contribution is 7.00. The maximum absolute atomic E-state index is 14.0. The number of aliphatic carboxylic acids is 1. The first-order valence-corrected chi connectivity index (χ1v) is 13.2. The molecule has 4 nitrogen and oxygen atoms in total. The number of carbonyl (C=O) groups is 2. The van der Waals surface area contributed by atoms with Gasteiger partial charge >= 0.3 is 5.97 Å². The number of carboxylic acids is 1. The van der Waals surface area contributed by atoms with Crippen LogP contribution in [0.2, 0.25) is 0 Å². The Morgan fingerprint density at radius 2 is 1.36 bits per heavy atom. The van der Waals surface area contributed by atoms with E-state index < -0.39 is 16.8 Å². The Labute approximate surface area is 203 Å². The minimum absolute atomic E-state index is 0.0736. The molecule has 1 saturated carbocycles. The van der Waals surface area contributed by atoms with Crippen LogP contribution in [0.5, 0.6) is 0 Å². The molecule has 0 spiro atoms. The molecule has 1 aliphatic rings. The predicted molar refractivity (Wildman–Crippen MR) is 138 cm³/mol. The summed E-state index contributed by atoms with van der Waals surface area (Å²) in [4.78, 5) is 26.7. The third-order valence-corrected chi connectivity index (χ3v) is 7.85. The normalized spacial score (nSPS) is 16.5. The smallest absolute Gasteiger partial charge is 0.310 e. The lowest BCUT2D eigenvalue weighted by Gasteiger charge is -2.43. The van der Waals surface area contributed by atoms with Gasteiger partial charge in [0.05, 0.1) is 5.41 Å². The second kappa shape index (κ2) is 14.0. The molecular formula is C28H45O4P. The first kappa shape index (κ1) is 29.5. The van der Waals surface area contributed by atoms with E-state index in [0.29, 0.717) is 19.3 Å². The molecule has 0 saturated heterocycles. The molecule has 1 aliphatic carbocycles. The van der Waals surface area contributed by atoms with Gasteiger partial charge in [0.15, 0.2) is 5.78 Å². The molecule has 1 aromatic rings. The summed E-state index contributed by atoms with van der Waals surface area (Å²) in [5.41, 5.74) is 2.07. The van der Waals surface area contributed by atoms with Gasteiger partial charge in [0.25, 0.3) is 0 Å². The third kappa shape index (κ3) is 6.98. The van der Waals surface area contributed by atoms with Crippen molar-refractivity contribution in [2.24, 2.45) is 10.8 Å². The fourth-order valence-corrected chi connectivity index (χ4v) is 5.95. The van der Waals surface area contributed by atoms with Crippen molar-refractivity contribution in [2.75, 3.05) is 0 Å². The van der Waals surface area contributed by atoms with Gasteiger partial charge in [-0.15, -0.1) is 0 Å². The Morgan fingerprint density at radius 1 is 0.909 bits per heavy atom. The van der Waals surface area contributed by atoms with E-state index in [0.717, 1.165) is 54.4 Å². The molecule has 1 atom stereocenters. The Balaban J connectivity index is 0.00000265. The summed E-state index contributed by atoms with van der Waals surface area (Å²) >= 11 is 0. The summed E-state index contributed by atoms with van der Waals surface area (Å²) in [6, 6.07) is 4.11. The summed E-state index contributed by atoms with van der Waals surface area (Å²) in [7, 11) is 1.72. The van der Waals surface area contributed by atoms with Crippen LogP contribution >= 0.6 is 9.12 Å². The van der Waals surface area contributed by atoms with E-state index in [2.05, 4.69) is 19.1 Å². The topological polar surface area (TPSA) is 71.4 Å².